The fourth-order valence-electron chi connectivity index (χ4n) is 4.36. The van der Waals surface area contributed by atoms with Crippen LogP contribution in [-0.2, 0) is 4.79 Å². The van der Waals surface area contributed by atoms with Crippen molar-refractivity contribution in [2.45, 2.75) is 12.5 Å². The molecule has 1 fully saturated rings. The molecule has 0 radical (unpaired) electrons. The maximum Gasteiger partial charge on any atom is 0.272 e. The van der Waals surface area contributed by atoms with E-state index in [1.165, 1.54) is 11.0 Å². The second kappa shape index (κ2) is 8.46. The third-order valence-electron chi connectivity index (χ3n) is 6.09. The Bertz CT molecular complexity index is 1250. The molecule has 1 N–H and O–H groups in total. The molecule has 2 aliphatic rings. The highest BCUT2D eigenvalue weighted by Crippen LogP contribution is 2.31. The van der Waals surface area contributed by atoms with E-state index in [4.69, 9.17) is 0 Å². The monoisotopic (exact) mass is 444 g/mol. The molecular formula is C25H21FN4O3. The zero-order chi connectivity index (χ0) is 22.9. The largest absolute Gasteiger partial charge is 0.335 e. The van der Waals surface area contributed by atoms with Crippen LogP contribution >= 0.6 is 0 Å². The van der Waals surface area contributed by atoms with Crippen molar-refractivity contribution in [2.24, 2.45) is 0 Å². The third-order valence-corrected chi connectivity index (χ3v) is 6.09. The Balaban J connectivity index is 1.45. The minimum absolute atomic E-state index is 0.207. The van der Waals surface area contributed by atoms with E-state index in [1.54, 1.807) is 65.7 Å². The van der Waals surface area contributed by atoms with Crippen LogP contribution in [-0.4, -0.2) is 58.2 Å². The van der Waals surface area contributed by atoms with Gasteiger partial charge in [-0.15, -0.1) is 0 Å². The molecule has 8 heteroatoms. The molecular weight excluding hydrogens is 423 g/mol. The summed E-state index contributed by atoms with van der Waals surface area (Å²) in [6.45, 7) is 0.820. The highest BCUT2D eigenvalue weighted by Gasteiger charge is 2.38. The molecule has 1 atom stereocenters. The van der Waals surface area contributed by atoms with E-state index in [-0.39, 0.29) is 36.6 Å². The number of aromatic nitrogens is 1. The predicted octanol–water partition coefficient (Wildman–Crippen LogP) is 3.20. The molecule has 7 nitrogen and oxygen atoms in total. The van der Waals surface area contributed by atoms with Gasteiger partial charge in [-0.1, -0.05) is 30.3 Å². The van der Waals surface area contributed by atoms with E-state index in [0.29, 0.717) is 41.0 Å². The van der Waals surface area contributed by atoms with Crippen LogP contribution in [0.2, 0.25) is 0 Å². The number of nitrogens with zero attached hydrogens (tertiary/aromatic N) is 3. The summed E-state index contributed by atoms with van der Waals surface area (Å²) in [6.07, 6.45) is 1.86. The average Bonchev–Trinajstić information content (AvgIpc) is 3.12. The standard InChI is InChI=1S/C25H21FN4O3/c26-19-6-2-1-5-17(19)16-8-9-20-18(15-16)24(32)30-14-13-29(12-10-22(30)23(31)28-20)25(33)21-7-3-4-11-27-21/h1-9,11,15,22H,10,12-14H2,(H,28,31). The van der Waals surface area contributed by atoms with Crippen LogP contribution < -0.4 is 5.32 Å². The number of benzene rings is 2. The average molecular weight is 444 g/mol. The van der Waals surface area contributed by atoms with Gasteiger partial charge in [-0.25, -0.2) is 4.39 Å². The molecule has 1 unspecified atom stereocenters. The fourth-order valence-corrected chi connectivity index (χ4v) is 4.36. The highest BCUT2D eigenvalue weighted by atomic mass is 19.1. The topological polar surface area (TPSA) is 82.6 Å². The van der Waals surface area contributed by atoms with Crippen molar-refractivity contribution < 1.29 is 18.8 Å². The summed E-state index contributed by atoms with van der Waals surface area (Å²) in [7, 11) is 0. The zero-order valence-electron chi connectivity index (χ0n) is 17.7. The van der Waals surface area contributed by atoms with Crippen molar-refractivity contribution in [2.75, 3.05) is 25.0 Å². The molecule has 0 saturated carbocycles. The SMILES string of the molecule is O=C1Nc2ccc(-c3ccccc3F)cc2C(=O)N2CCN(C(=O)c3ccccn3)CCC12. The van der Waals surface area contributed by atoms with Crippen LogP contribution in [0, 0.1) is 5.82 Å². The van der Waals surface area contributed by atoms with E-state index >= 15 is 0 Å². The number of nitrogens with one attached hydrogen (secondary N) is 1. The van der Waals surface area contributed by atoms with Crippen LogP contribution in [0.3, 0.4) is 0 Å². The Morgan fingerprint density at radius 3 is 2.58 bits per heavy atom. The first-order valence-electron chi connectivity index (χ1n) is 10.7. The molecule has 0 bridgehead atoms. The minimum atomic E-state index is -0.705. The van der Waals surface area contributed by atoms with Crippen LogP contribution in [0.1, 0.15) is 27.3 Å². The lowest BCUT2D eigenvalue weighted by atomic mass is 10.0. The number of rotatable bonds is 2. The fraction of sp³-hybridized carbons (Fsp3) is 0.200. The van der Waals surface area contributed by atoms with E-state index in [1.807, 2.05) is 0 Å². The van der Waals surface area contributed by atoms with Gasteiger partial charge >= 0.3 is 0 Å². The molecule has 3 heterocycles. The molecule has 3 aromatic rings. The summed E-state index contributed by atoms with van der Waals surface area (Å²) in [5.74, 6) is -1.24. The van der Waals surface area contributed by atoms with Gasteiger partial charge in [0.2, 0.25) is 5.91 Å². The van der Waals surface area contributed by atoms with E-state index < -0.39 is 6.04 Å². The number of fused-ring (bicyclic) bond motifs is 2. The Hall–Kier alpha value is -4.07. The summed E-state index contributed by atoms with van der Waals surface area (Å²) < 4.78 is 14.3. The molecule has 2 aliphatic heterocycles. The van der Waals surface area contributed by atoms with Gasteiger partial charge < -0.3 is 15.1 Å². The number of hydrogen-bond donors (Lipinski definition) is 1. The molecule has 33 heavy (non-hydrogen) atoms. The zero-order valence-corrected chi connectivity index (χ0v) is 17.7. The molecule has 5 rings (SSSR count). The Morgan fingerprint density at radius 2 is 1.79 bits per heavy atom. The molecule has 1 saturated heterocycles. The summed E-state index contributed by atoms with van der Waals surface area (Å²) in [5.41, 5.74) is 1.96. The van der Waals surface area contributed by atoms with Gasteiger partial charge in [-0.05, 0) is 42.3 Å². The van der Waals surface area contributed by atoms with Crippen LogP contribution in [0.5, 0.6) is 0 Å². The minimum Gasteiger partial charge on any atom is -0.335 e. The number of amides is 3. The quantitative estimate of drug-likeness (QED) is 0.658. The normalized spacial score (nSPS) is 18.0. The van der Waals surface area contributed by atoms with Crippen molar-refractivity contribution in [3.05, 3.63) is 83.9 Å². The molecule has 0 spiro atoms. The maximum absolute atomic E-state index is 14.3. The van der Waals surface area contributed by atoms with Crippen LogP contribution in [0.4, 0.5) is 10.1 Å². The van der Waals surface area contributed by atoms with Gasteiger partial charge in [0.25, 0.3) is 11.8 Å². The van der Waals surface area contributed by atoms with Crippen molar-refractivity contribution >= 4 is 23.4 Å². The van der Waals surface area contributed by atoms with Crippen molar-refractivity contribution in [1.29, 1.82) is 0 Å². The van der Waals surface area contributed by atoms with Crippen molar-refractivity contribution in [3.63, 3.8) is 0 Å². The smallest absolute Gasteiger partial charge is 0.272 e. The molecule has 1 aromatic heterocycles. The first-order chi connectivity index (χ1) is 16.0. The molecule has 166 valence electrons. The molecule has 0 aliphatic carbocycles. The summed E-state index contributed by atoms with van der Waals surface area (Å²) in [4.78, 5) is 46.6. The lowest BCUT2D eigenvalue weighted by Gasteiger charge is -2.25. The number of hydrogen-bond acceptors (Lipinski definition) is 4. The first-order valence-corrected chi connectivity index (χ1v) is 10.7. The van der Waals surface area contributed by atoms with E-state index in [9.17, 15) is 18.8 Å². The van der Waals surface area contributed by atoms with E-state index in [2.05, 4.69) is 10.3 Å². The van der Waals surface area contributed by atoms with Crippen molar-refractivity contribution in [1.82, 2.24) is 14.8 Å². The number of carbonyl (C=O) groups is 3. The number of carbonyl (C=O) groups excluding carboxylic acids is 3. The van der Waals surface area contributed by atoms with Gasteiger partial charge in [0, 0.05) is 31.4 Å². The third kappa shape index (κ3) is 3.84. The highest BCUT2D eigenvalue weighted by molar-refractivity contribution is 6.10. The summed E-state index contributed by atoms with van der Waals surface area (Å²) in [5, 5.41) is 2.84. The van der Waals surface area contributed by atoms with Gasteiger partial charge in [-0.3, -0.25) is 19.4 Å². The second-order valence-corrected chi connectivity index (χ2v) is 8.04. The number of anilines is 1. The summed E-state index contributed by atoms with van der Waals surface area (Å²) >= 11 is 0. The maximum atomic E-state index is 14.3. The van der Waals surface area contributed by atoms with Crippen LogP contribution in [0.25, 0.3) is 11.1 Å². The Labute approximate surface area is 189 Å². The lowest BCUT2D eigenvalue weighted by Crippen LogP contribution is -2.45. The van der Waals surface area contributed by atoms with Crippen molar-refractivity contribution in [3.8, 4) is 11.1 Å². The number of halogens is 1. The second-order valence-electron chi connectivity index (χ2n) is 8.04. The van der Waals surface area contributed by atoms with Gasteiger partial charge in [0.1, 0.15) is 17.6 Å². The Morgan fingerprint density at radius 1 is 0.970 bits per heavy atom. The van der Waals surface area contributed by atoms with Gasteiger partial charge in [-0.2, -0.15) is 0 Å². The lowest BCUT2D eigenvalue weighted by molar-refractivity contribution is -0.120. The first kappa shape index (κ1) is 20.8. The Kier molecular flexibility index (Phi) is 5.34. The molecule has 3 amide bonds. The van der Waals surface area contributed by atoms with Crippen LogP contribution in [0.15, 0.2) is 66.9 Å². The van der Waals surface area contributed by atoms with Gasteiger partial charge in [0.05, 0.1) is 11.3 Å². The predicted molar refractivity (Wildman–Crippen MR) is 120 cm³/mol. The van der Waals surface area contributed by atoms with Gasteiger partial charge in [0.15, 0.2) is 0 Å². The number of pyridine rings is 1. The van der Waals surface area contributed by atoms with E-state index in [0.717, 1.165) is 0 Å². The summed E-state index contributed by atoms with van der Waals surface area (Å²) in [6, 6.07) is 15.7. The molecule has 2 aromatic carbocycles.